The van der Waals surface area contributed by atoms with Crippen molar-refractivity contribution in [3.8, 4) is 0 Å². The molecular formula is C27H29N3O. The molecule has 0 saturated heterocycles. The molecule has 0 radical (unpaired) electrons. The summed E-state index contributed by atoms with van der Waals surface area (Å²) in [5.41, 5.74) is 7.64. The van der Waals surface area contributed by atoms with Crippen molar-refractivity contribution in [3.63, 3.8) is 0 Å². The summed E-state index contributed by atoms with van der Waals surface area (Å²) in [4.78, 5) is 16.6. The molecule has 158 valence electrons. The van der Waals surface area contributed by atoms with E-state index in [9.17, 15) is 4.79 Å². The maximum Gasteiger partial charge on any atom is 0.321 e. The van der Waals surface area contributed by atoms with E-state index in [0.717, 1.165) is 31.6 Å². The minimum Gasteiger partial charge on any atom is -0.371 e. The molecule has 2 aliphatic rings. The van der Waals surface area contributed by atoms with E-state index < -0.39 is 0 Å². The van der Waals surface area contributed by atoms with E-state index in [-0.39, 0.29) is 6.03 Å². The van der Waals surface area contributed by atoms with Crippen LogP contribution in [0.2, 0.25) is 0 Å². The summed E-state index contributed by atoms with van der Waals surface area (Å²) in [7, 11) is 3.55. The monoisotopic (exact) mass is 411 g/mol. The first-order valence-electron chi connectivity index (χ1n) is 11.1. The zero-order valence-electron chi connectivity index (χ0n) is 18.2. The second kappa shape index (κ2) is 8.10. The summed E-state index contributed by atoms with van der Waals surface area (Å²) in [5.74, 6) is 0.689. The van der Waals surface area contributed by atoms with Gasteiger partial charge in [0.2, 0.25) is 0 Å². The van der Waals surface area contributed by atoms with Crippen LogP contribution in [0.1, 0.15) is 46.9 Å². The fourth-order valence-corrected chi connectivity index (χ4v) is 5.16. The highest BCUT2D eigenvalue weighted by molar-refractivity contribution is 5.90. The van der Waals surface area contributed by atoms with Crippen LogP contribution < -0.4 is 10.2 Å². The van der Waals surface area contributed by atoms with Crippen LogP contribution in [0.5, 0.6) is 0 Å². The van der Waals surface area contributed by atoms with Crippen molar-refractivity contribution in [2.45, 2.75) is 24.7 Å². The number of carbonyl (C=O) groups is 1. The molecule has 3 aromatic rings. The Morgan fingerprint density at radius 1 is 0.839 bits per heavy atom. The molecule has 0 fully saturated rings. The Labute approximate surface area is 184 Å². The average molecular weight is 412 g/mol. The van der Waals surface area contributed by atoms with Gasteiger partial charge in [0.05, 0.1) is 0 Å². The molecule has 2 unspecified atom stereocenters. The zero-order valence-corrected chi connectivity index (χ0v) is 18.2. The number of hydrogen-bond acceptors (Lipinski definition) is 2. The quantitative estimate of drug-likeness (QED) is 0.604. The third kappa shape index (κ3) is 3.67. The highest BCUT2D eigenvalue weighted by atomic mass is 16.2. The molecule has 4 nitrogen and oxygen atoms in total. The lowest BCUT2D eigenvalue weighted by Gasteiger charge is -2.43. The lowest BCUT2D eigenvalue weighted by molar-refractivity contribution is 0.230. The van der Waals surface area contributed by atoms with Crippen molar-refractivity contribution in [2.75, 3.05) is 37.4 Å². The number of urea groups is 1. The Balaban J connectivity index is 1.67. The standard InChI is InChI=1S/C27H29N3O/c1-29(2)27(31)28-21-17-24-22(19-9-5-3-6-10-19)13-15-30-16-14-23(25(18-21)26(24)30)20-11-7-4-8-12-20/h3-12,17-18,22-23H,13-16H2,1-2H3,(H,28,31). The zero-order chi connectivity index (χ0) is 21.4. The molecule has 1 N–H and O–H groups in total. The minimum atomic E-state index is -0.0943. The summed E-state index contributed by atoms with van der Waals surface area (Å²) in [6.07, 6.45) is 2.19. The van der Waals surface area contributed by atoms with Gasteiger partial charge < -0.3 is 15.1 Å². The molecule has 3 aromatic carbocycles. The molecule has 2 atom stereocenters. The number of benzene rings is 3. The number of rotatable bonds is 3. The van der Waals surface area contributed by atoms with Crippen LogP contribution in [0.3, 0.4) is 0 Å². The molecule has 2 aliphatic heterocycles. The number of anilines is 2. The van der Waals surface area contributed by atoms with Gasteiger partial charge in [0.25, 0.3) is 0 Å². The number of amides is 2. The number of nitrogens with zero attached hydrogens (tertiary/aromatic N) is 2. The normalized spacial score (nSPS) is 19.5. The average Bonchev–Trinajstić information content (AvgIpc) is 2.80. The first kappa shape index (κ1) is 19.7. The molecule has 5 rings (SSSR count). The SMILES string of the molecule is CN(C)C(=O)Nc1cc2c3c(c1)C(c1ccccc1)CCN3CCC2c1ccccc1. The van der Waals surface area contributed by atoms with Gasteiger partial charge in [0, 0.05) is 50.4 Å². The number of hydrogen-bond donors (Lipinski definition) is 1. The summed E-state index contributed by atoms with van der Waals surface area (Å²) in [6, 6.07) is 25.9. The predicted molar refractivity (Wildman–Crippen MR) is 127 cm³/mol. The van der Waals surface area contributed by atoms with E-state index in [0.29, 0.717) is 11.8 Å². The van der Waals surface area contributed by atoms with E-state index in [2.05, 4.69) is 83.0 Å². The highest BCUT2D eigenvalue weighted by Gasteiger charge is 2.35. The molecule has 0 bridgehead atoms. The summed E-state index contributed by atoms with van der Waals surface area (Å²) in [5, 5.41) is 3.12. The van der Waals surface area contributed by atoms with E-state index >= 15 is 0 Å². The molecule has 2 amide bonds. The third-order valence-corrected chi connectivity index (χ3v) is 6.67. The van der Waals surface area contributed by atoms with Crippen molar-refractivity contribution in [2.24, 2.45) is 0 Å². The Morgan fingerprint density at radius 2 is 1.32 bits per heavy atom. The van der Waals surface area contributed by atoms with Gasteiger partial charge in [-0.1, -0.05) is 60.7 Å². The third-order valence-electron chi connectivity index (χ3n) is 6.67. The van der Waals surface area contributed by atoms with Gasteiger partial charge in [-0.15, -0.1) is 0 Å². The first-order chi connectivity index (χ1) is 15.1. The predicted octanol–water partition coefficient (Wildman–Crippen LogP) is 5.66. The van der Waals surface area contributed by atoms with Crippen LogP contribution in [0.15, 0.2) is 72.8 Å². The van der Waals surface area contributed by atoms with Gasteiger partial charge in [-0.3, -0.25) is 0 Å². The van der Waals surface area contributed by atoms with Gasteiger partial charge in [-0.25, -0.2) is 4.79 Å². The van der Waals surface area contributed by atoms with Crippen LogP contribution in [-0.4, -0.2) is 38.1 Å². The molecule has 4 heteroatoms. The van der Waals surface area contributed by atoms with Gasteiger partial charge in [-0.05, 0) is 47.2 Å². The Bertz CT molecular complexity index is 1010. The molecule has 0 aliphatic carbocycles. The Morgan fingerprint density at radius 3 is 1.77 bits per heavy atom. The molecule has 0 aromatic heterocycles. The number of nitrogens with one attached hydrogen (secondary N) is 1. The number of carbonyl (C=O) groups excluding carboxylic acids is 1. The topological polar surface area (TPSA) is 35.6 Å². The van der Waals surface area contributed by atoms with Gasteiger partial charge >= 0.3 is 6.03 Å². The van der Waals surface area contributed by atoms with Gasteiger partial charge in [-0.2, -0.15) is 0 Å². The molecule has 0 saturated carbocycles. The fourth-order valence-electron chi connectivity index (χ4n) is 5.16. The van der Waals surface area contributed by atoms with Crippen molar-refractivity contribution in [1.29, 1.82) is 0 Å². The van der Waals surface area contributed by atoms with Crippen molar-refractivity contribution in [1.82, 2.24) is 4.90 Å². The minimum absolute atomic E-state index is 0.0943. The molecule has 0 spiro atoms. The Hall–Kier alpha value is -3.27. The van der Waals surface area contributed by atoms with E-state index in [1.165, 1.54) is 27.9 Å². The molecule has 31 heavy (non-hydrogen) atoms. The Kier molecular flexibility index (Phi) is 5.14. The van der Waals surface area contributed by atoms with E-state index in [1.807, 2.05) is 0 Å². The van der Waals surface area contributed by atoms with E-state index in [4.69, 9.17) is 0 Å². The maximum atomic E-state index is 12.5. The van der Waals surface area contributed by atoms with Crippen LogP contribution in [0.25, 0.3) is 0 Å². The lowest BCUT2D eigenvalue weighted by Crippen LogP contribution is -2.38. The van der Waals surface area contributed by atoms with Gasteiger partial charge in [0.1, 0.15) is 0 Å². The van der Waals surface area contributed by atoms with E-state index in [1.54, 1.807) is 19.0 Å². The summed E-state index contributed by atoms with van der Waals surface area (Å²) < 4.78 is 0. The maximum absolute atomic E-state index is 12.5. The van der Waals surface area contributed by atoms with Crippen LogP contribution in [0, 0.1) is 0 Å². The summed E-state index contributed by atoms with van der Waals surface area (Å²) in [6.45, 7) is 2.15. The van der Waals surface area contributed by atoms with Gasteiger partial charge in [0.15, 0.2) is 0 Å². The fraction of sp³-hybridized carbons (Fsp3) is 0.296. The van der Waals surface area contributed by atoms with Crippen molar-refractivity contribution >= 4 is 17.4 Å². The van der Waals surface area contributed by atoms with Crippen molar-refractivity contribution in [3.05, 3.63) is 95.1 Å². The van der Waals surface area contributed by atoms with Crippen LogP contribution in [-0.2, 0) is 0 Å². The first-order valence-corrected chi connectivity index (χ1v) is 11.1. The molecular weight excluding hydrogens is 382 g/mol. The van der Waals surface area contributed by atoms with Crippen LogP contribution in [0.4, 0.5) is 16.2 Å². The summed E-state index contributed by atoms with van der Waals surface area (Å²) >= 11 is 0. The highest BCUT2D eigenvalue weighted by Crippen LogP contribution is 2.49. The second-order valence-corrected chi connectivity index (χ2v) is 8.82. The van der Waals surface area contributed by atoms with Crippen LogP contribution >= 0.6 is 0 Å². The molecule has 2 heterocycles. The van der Waals surface area contributed by atoms with Crippen molar-refractivity contribution < 1.29 is 4.79 Å². The smallest absolute Gasteiger partial charge is 0.321 e. The lowest BCUT2D eigenvalue weighted by atomic mass is 9.76. The largest absolute Gasteiger partial charge is 0.371 e. The second-order valence-electron chi connectivity index (χ2n) is 8.82.